The highest BCUT2D eigenvalue weighted by Crippen LogP contribution is 2.08. The van der Waals surface area contributed by atoms with Gasteiger partial charge in [-0.3, -0.25) is 4.79 Å². The topological polar surface area (TPSA) is 44.8 Å². The van der Waals surface area contributed by atoms with Crippen LogP contribution in [0.15, 0.2) is 16.8 Å². The lowest BCUT2D eigenvalue weighted by atomic mass is 10.3. The molecule has 1 amide bonds. The highest BCUT2D eigenvalue weighted by atomic mass is 32.1. The molecule has 1 aromatic heterocycles. The molecule has 1 aliphatic heterocycles. The van der Waals surface area contributed by atoms with E-state index in [0.29, 0.717) is 13.1 Å². The van der Waals surface area contributed by atoms with Crippen LogP contribution in [-0.2, 0) is 16.1 Å². The number of likely N-dealkylation sites (N-methyl/N-ethyl adjacent to an activating group) is 2. The average Bonchev–Trinajstić information content (AvgIpc) is 2.91. The Bertz CT molecular complexity index is 411. The number of carbonyl (C=O) groups excluding carboxylic acids is 1. The summed E-state index contributed by atoms with van der Waals surface area (Å²) in [6, 6.07) is 2.05. The largest absolute Gasteiger partial charge is 0.374 e. The molecule has 0 radical (unpaired) electrons. The van der Waals surface area contributed by atoms with Gasteiger partial charge in [-0.25, -0.2) is 0 Å². The molecule has 1 N–H and O–H groups in total. The molecule has 1 atom stereocenters. The first-order chi connectivity index (χ1) is 9.65. The summed E-state index contributed by atoms with van der Waals surface area (Å²) in [5, 5.41) is 7.30. The Morgan fingerprint density at radius 3 is 3.20 bits per heavy atom. The van der Waals surface area contributed by atoms with Crippen LogP contribution < -0.4 is 5.32 Å². The summed E-state index contributed by atoms with van der Waals surface area (Å²) in [7, 11) is 3.93. The van der Waals surface area contributed by atoms with Crippen LogP contribution in [0.1, 0.15) is 5.56 Å². The van der Waals surface area contributed by atoms with Crippen LogP contribution >= 0.6 is 11.3 Å². The van der Waals surface area contributed by atoms with Gasteiger partial charge >= 0.3 is 0 Å². The van der Waals surface area contributed by atoms with Gasteiger partial charge < -0.3 is 19.9 Å². The summed E-state index contributed by atoms with van der Waals surface area (Å²) in [6.45, 7) is 4.44. The molecule has 1 fully saturated rings. The molecule has 6 heteroatoms. The summed E-state index contributed by atoms with van der Waals surface area (Å²) in [4.78, 5) is 16.0. The lowest BCUT2D eigenvalue weighted by Gasteiger charge is -2.30. The average molecular weight is 297 g/mol. The van der Waals surface area contributed by atoms with Crippen molar-refractivity contribution in [1.82, 2.24) is 15.1 Å². The maximum Gasteiger partial charge on any atom is 0.236 e. The molecule has 20 heavy (non-hydrogen) atoms. The second-order valence-corrected chi connectivity index (χ2v) is 6.05. The zero-order valence-corrected chi connectivity index (χ0v) is 13.0. The molecule has 1 saturated heterocycles. The fourth-order valence-electron chi connectivity index (χ4n) is 2.21. The predicted octanol–water partition coefficient (Wildman–Crippen LogP) is 0.627. The first-order valence-corrected chi connectivity index (χ1v) is 7.85. The van der Waals surface area contributed by atoms with Crippen LogP contribution in [0, 0.1) is 0 Å². The quantitative estimate of drug-likeness (QED) is 0.836. The van der Waals surface area contributed by atoms with E-state index in [2.05, 4.69) is 22.6 Å². The van der Waals surface area contributed by atoms with E-state index < -0.39 is 0 Å². The van der Waals surface area contributed by atoms with Crippen LogP contribution in [0.3, 0.4) is 0 Å². The zero-order chi connectivity index (χ0) is 14.4. The van der Waals surface area contributed by atoms with Crippen molar-refractivity contribution in [3.05, 3.63) is 22.4 Å². The molecule has 112 valence electrons. The molecule has 2 heterocycles. The molecule has 2 rings (SSSR count). The third-order valence-electron chi connectivity index (χ3n) is 3.42. The number of hydrogen-bond acceptors (Lipinski definition) is 5. The fourth-order valence-corrected chi connectivity index (χ4v) is 2.87. The molecular weight excluding hydrogens is 274 g/mol. The minimum atomic E-state index is 0.111. The molecule has 1 aliphatic rings. The number of hydrogen-bond donors (Lipinski definition) is 1. The number of nitrogens with one attached hydrogen (secondary N) is 1. The minimum Gasteiger partial charge on any atom is -0.374 e. The lowest BCUT2D eigenvalue weighted by Crippen LogP contribution is -2.46. The third kappa shape index (κ3) is 4.86. The third-order valence-corrected chi connectivity index (χ3v) is 4.15. The standard InChI is InChI=1S/C14H23N3O2S/c1-16-4-5-19-13(10-16)7-15-8-14(18)17(2)9-12-3-6-20-11-12/h3,6,11,13,15H,4-5,7-10H2,1-2H3/t13-/m0/s1. The second kappa shape index (κ2) is 7.73. The van der Waals surface area contributed by atoms with Crippen LogP contribution in [0.2, 0.25) is 0 Å². The van der Waals surface area contributed by atoms with E-state index in [-0.39, 0.29) is 12.0 Å². The van der Waals surface area contributed by atoms with Gasteiger partial charge in [0.25, 0.3) is 0 Å². The van der Waals surface area contributed by atoms with Crippen LogP contribution in [-0.4, -0.2) is 68.7 Å². The normalized spacial score (nSPS) is 20.0. The van der Waals surface area contributed by atoms with Crippen molar-refractivity contribution < 1.29 is 9.53 Å². The monoisotopic (exact) mass is 297 g/mol. The lowest BCUT2D eigenvalue weighted by molar-refractivity contribution is -0.129. The van der Waals surface area contributed by atoms with Crippen LogP contribution in [0.5, 0.6) is 0 Å². The van der Waals surface area contributed by atoms with Crippen molar-refractivity contribution >= 4 is 17.2 Å². The maximum absolute atomic E-state index is 12.0. The summed E-state index contributed by atoms with van der Waals surface area (Å²) < 4.78 is 5.65. The van der Waals surface area contributed by atoms with E-state index >= 15 is 0 Å². The molecule has 0 spiro atoms. The Morgan fingerprint density at radius 2 is 2.50 bits per heavy atom. The maximum atomic E-state index is 12.0. The number of ether oxygens (including phenoxy) is 1. The highest BCUT2D eigenvalue weighted by Gasteiger charge is 2.17. The fraction of sp³-hybridized carbons (Fsp3) is 0.643. The van der Waals surface area contributed by atoms with Gasteiger partial charge in [0.05, 0.1) is 19.3 Å². The molecular formula is C14H23N3O2S. The molecule has 0 saturated carbocycles. The first kappa shape index (κ1) is 15.4. The highest BCUT2D eigenvalue weighted by molar-refractivity contribution is 7.07. The number of rotatable bonds is 6. The van der Waals surface area contributed by atoms with Crippen molar-refractivity contribution in [1.29, 1.82) is 0 Å². The van der Waals surface area contributed by atoms with E-state index in [1.54, 1.807) is 16.2 Å². The molecule has 0 aliphatic carbocycles. The number of amides is 1. The van der Waals surface area contributed by atoms with Gasteiger partial charge in [0.2, 0.25) is 5.91 Å². The first-order valence-electron chi connectivity index (χ1n) is 6.91. The summed E-state index contributed by atoms with van der Waals surface area (Å²) in [5.74, 6) is 0.111. The Kier molecular flexibility index (Phi) is 5.97. The van der Waals surface area contributed by atoms with Crippen molar-refractivity contribution in [2.24, 2.45) is 0 Å². The van der Waals surface area contributed by atoms with Gasteiger partial charge in [-0.05, 0) is 29.4 Å². The van der Waals surface area contributed by atoms with Crippen molar-refractivity contribution in [3.8, 4) is 0 Å². The SMILES string of the molecule is CN1CCO[C@@H](CNCC(=O)N(C)Cc2ccsc2)C1. The number of morpholine rings is 1. The predicted molar refractivity (Wildman–Crippen MR) is 80.9 cm³/mol. The van der Waals surface area contributed by atoms with Crippen molar-refractivity contribution in [3.63, 3.8) is 0 Å². The Morgan fingerprint density at radius 1 is 1.65 bits per heavy atom. The molecule has 0 unspecified atom stereocenters. The zero-order valence-electron chi connectivity index (χ0n) is 12.2. The van der Waals surface area contributed by atoms with E-state index in [1.165, 1.54) is 5.56 Å². The van der Waals surface area contributed by atoms with Gasteiger partial charge in [-0.1, -0.05) is 0 Å². The minimum absolute atomic E-state index is 0.111. The molecule has 1 aromatic rings. The summed E-state index contributed by atoms with van der Waals surface area (Å²) in [6.07, 6.45) is 0.184. The van der Waals surface area contributed by atoms with Gasteiger partial charge in [0, 0.05) is 33.2 Å². The van der Waals surface area contributed by atoms with Crippen molar-refractivity contribution in [2.45, 2.75) is 12.6 Å². The Labute approximate surface area is 124 Å². The van der Waals surface area contributed by atoms with Crippen LogP contribution in [0.4, 0.5) is 0 Å². The van der Waals surface area contributed by atoms with E-state index in [1.807, 2.05) is 18.5 Å². The van der Waals surface area contributed by atoms with E-state index in [4.69, 9.17) is 4.74 Å². The number of carbonyl (C=O) groups is 1. The second-order valence-electron chi connectivity index (χ2n) is 5.27. The van der Waals surface area contributed by atoms with Gasteiger partial charge in [0.15, 0.2) is 0 Å². The van der Waals surface area contributed by atoms with Gasteiger partial charge in [-0.15, -0.1) is 0 Å². The molecule has 0 bridgehead atoms. The Hall–Kier alpha value is -0.950. The number of thiophene rings is 1. The van der Waals surface area contributed by atoms with Crippen LogP contribution in [0.25, 0.3) is 0 Å². The Balaban J connectivity index is 1.64. The van der Waals surface area contributed by atoms with Gasteiger partial charge in [0.1, 0.15) is 0 Å². The summed E-state index contributed by atoms with van der Waals surface area (Å²) >= 11 is 1.66. The smallest absolute Gasteiger partial charge is 0.236 e. The number of nitrogens with zero attached hydrogens (tertiary/aromatic N) is 2. The van der Waals surface area contributed by atoms with Gasteiger partial charge in [-0.2, -0.15) is 11.3 Å². The molecule has 0 aromatic carbocycles. The summed E-state index contributed by atoms with van der Waals surface area (Å²) in [5.41, 5.74) is 1.18. The van der Waals surface area contributed by atoms with Crippen molar-refractivity contribution in [2.75, 3.05) is 46.9 Å². The molecule has 5 nitrogen and oxygen atoms in total. The van der Waals surface area contributed by atoms with E-state index in [0.717, 1.165) is 26.2 Å². The van der Waals surface area contributed by atoms with E-state index in [9.17, 15) is 4.79 Å².